The van der Waals surface area contributed by atoms with Gasteiger partial charge in [0.05, 0.1) is 5.69 Å². The number of rotatable bonds is 2. The van der Waals surface area contributed by atoms with Gasteiger partial charge in [-0.1, -0.05) is 34.5 Å². The molecule has 0 amide bonds. The summed E-state index contributed by atoms with van der Waals surface area (Å²) in [5.74, 6) is 1.83. The van der Waals surface area contributed by atoms with Crippen LogP contribution in [0.2, 0.25) is 0 Å². The molecule has 88 valence electrons. The molecule has 2 aromatic rings. The van der Waals surface area contributed by atoms with E-state index in [1.54, 1.807) is 0 Å². The Balaban J connectivity index is 1.99. The zero-order valence-corrected chi connectivity index (χ0v) is 11.4. The molecule has 0 saturated heterocycles. The normalized spacial score (nSPS) is 15.9. The third-order valence-electron chi connectivity index (χ3n) is 3.49. The van der Waals surface area contributed by atoms with Crippen molar-refractivity contribution in [2.75, 3.05) is 0 Å². The highest BCUT2D eigenvalue weighted by atomic mass is 79.9. The first-order valence-corrected chi connectivity index (χ1v) is 6.86. The lowest BCUT2D eigenvalue weighted by molar-refractivity contribution is 0.404. The van der Waals surface area contributed by atoms with Crippen LogP contribution < -0.4 is 0 Å². The van der Waals surface area contributed by atoms with E-state index in [0.29, 0.717) is 5.92 Å². The van der Waals surface area contributed by atoms with Crippen molar-refractivity contribution in [2.24, 2.45) is 0 Å². The summed E-state index contributed by atoms with van der Waals surface area (Å²) in [5.41, 5.74) is 3.44. The Morgan fingerprint density at radius 3 is 2.82 bits per heavy atom. The summed E-state index contributed by atoms with van der Waals surface area (Å²) in [7, 11) is 0. The van der Waals surface area contributed by atoms with E-state index in [2.05, 4.69) is 46.0 Å². The van der Waals surface area contributed by atoms with Crippen LogP contribution in [0, 0.1) is 6.92 Å². The Morgan fingerprint density at radius 1 is 1.35 bits per heavy atom. The summed E-state index contributed by atoms with van der Waals surface area (Å²) in [6, 6.07) is 8.32. The van der Waals surface area contributed by atoms with E-state index >= 15 is 0 Å². The predicted molar refractivity (Wildman–Crippen MR) is 73.1 cm³/mol. The third-order valence-corrected chi connectivity index (χ3v) is 3.99. The molecule has 1 aromatic carbocycles. The minimum Gasteiger partial charge on any atom is -0.345 e. The van der Waals surface area contributed by atoms with Gasteiger partial charge < -0.3 is 4.98 Å². The van der Waals surface area contributed by atoms with E-state index in [4.69, 9.17) is 4.98 Å². The standard InChI is InChI=1S/C14H15BrN2/c1-9-13(11-6-3-7-12(15)8-11)17-14(16-9)10-4-2-5-10/h3,6-8,10H,2,4-5H2,1H3,(H,16,17). The number of benzene rings is 1. The molecular formula is C14H15BrN2. The second-order valence-electron chi connectivity index (χ2n) is 4.73. The molecule has 0 bridgehead atoms. The molecule has 1 saturated carbocycles. The van der Waals surface area contributed by atoms with Crippen molar-refractivity contribution < 1.29 is 0 Å². The van der Waals surface area contributed by atoms with Crippen LogP contribution in [-0.4, -0.2) is 9.97 Å². The van der Waals surface area contributed by atoms with Gasteiger partial charge in [-0.15, -0.1) is 0 Å². The molecule has 1 aromatic heterocycles. The van der Waals surface area contributed by atoms with E-state index in [-0.39, 0.29) is 0 Å². The quantitative estimate of drug-likeness (QED) is 0.872. The van der Waals surface area contributed by atoms with Crippen LogP contribution in [0.15, 0.2) is 28.7 Å². The molecule has 0 aliphatic heterocycles. The number of nitrogens with one attached hydrogen (secondary N) is 1. The summed E-state index contributed by atoms with van der Waals surface area (Å²) < 4.78 is 1.10. The number of hydrogen-bond acceptors (Lipinski definition) is 1. The number of aryl methyl sites for hydroxylation is 1. The number of nitrogens with zero attached hydrogens (tertiary/aromatic N) is 1. The fraction of sp³-hybridized carbons (Fsp3) is 0.357. The smallest absolute Gasteiger partial charge is 0.110 e. The molecule has 1 fully saturated rings. The zero-order chi connectivity index (χ0) is 11.8. The van der Waals surface area contributed by atoms with E-state index in [1.165, 1.54) is 36.3 Å². The lowest BCUT2D eigenvalue weighted by atomic mass is 9.85. The Morgan fingerprint density at radius 2 is 2.18 bits per heavy atom. The predicted octanol–water partition coefficient (Wildman–Crippen LogP) is 4.42. The van der Waals surface area contributed by atoms with Gasteiger partial charge in [-0.3, -0.25) is 0 Å². The molecule has 0 atom stereocenters. The molecule has 1 aliphatic carbocycles. The minimum atomic E-state index is 0.662. The van der Waals surface area contributed by atoms with Crippen molar-refractivity contribution in [3.05, 3.63) is 40.3 Å². The number of hydrogen-bond donors (Lipinski definition) is 1. The highest BCUT2D eigenvalue weighted by molar-refractivity contribution is 9.10. The average Bonchev–Trinajstić information content (AvgIpc) is 2.57. The van der Waals surface area contributed by atoms with Gasteiger partial charge in [-0.25, -0.2) is 4.98 Å². The van der Waals surface area contributed by atoms with Crippen molar-refractivity contribution in [1.82, 2.24) is 9.97 Å². The minimum absolute atomic E-state index is 0.662. The van der Waals surface area contributed by atoms with Crippen molar-refractivity contribution >= 4 is 15.9 Å². The molecule has 3 heteroatoms. The average molecular weight is 291 g/mol. The largest absolute Gasteiger partial charge is 0.345 e. The van der Waals surface area contributed by atoms with Gasteiger partial charge in [0, 0.05) is 21.6 Å². The topological polar surface area (TPSA) is 28.7 Å². The molecule has 1 N–H and O–H groups in total. The van der Waals surface area contributed by atoms with Gasteiger partial charge in [0.25, 0.3) is 0 Å². The van der Waals surface area contributed by atoms with Gasteiger partial charge in [0.2, 0.25) is 0 Å². The van der Waals surface area contributed by atoms with Gasteiger partial charge in [0.15, 0.2) is 0 Å². The van der Waals surface area contributed by atoms with Crippen LogP contribution in [0.25, 0.3) is 11.3 Å². The monoisotopic (exact) mass is 290 g/mol. The lowest BCUT2D eigenvalue weighted by Crippen LogP contribution is -2.10. The summed E-state index contributed by atoms with van der Waals surface area (Å²) in [6.07, 6.45) is 3.91. The fourth-order valence-corrected chi connectivity index (χ4v) is 2.67. The highest BCUT2D eigenvalue weighted by Gasteiger charge is 2.23. The van der Waals surface area contributed by atoms with E-state index in [9.17, 15) is 0 Å². The number of aromatic nitrogens is 2. The van der Waals surface area contributed by atoms with Crippen molar-refractivity contribution in [1.29, 1.82) is 0 Å². The number of aromatic amines is 1. The lowest BCUT2D eigenvalue weighted by Gasteiger charge is -2.22. The summed E-state index contributed by atoms with van der Waals surface area (Å²) in [6.45, 7) is 2.10. The van der Waals surface area contributed by atoms with Crippen LogP contribution in [0.3, 0.4) is 0 Å². The Bertz CT molecular complexity index is 541. The summed E-state index contributed by atoms with van der Waals surface area (Å²) >= 11 is 3.51. The van der Waals surface area contributed by atoms with Crippen LogP contribution in [0.4, 0.5) is 0 Å². The van der Waals surface area contributed by atoms with E-state index in [0.717, 1.165) is 10.2 Å². The summed E-state index contributed by atoms with van der Waals surface area (Å²) in [5, 5.41) is 0. The van der Waals surface area contributed by atoms with E-state index < -0.39 is 0 Å². The van der Waals surface area contributed by atoms with Gasteiger partial charge in [0.1, 0.15) is 5.82 Å². The van der Waals surface area contributed by atoms with Crippen molar-refractivity contribution in [2.45, 2.75) is 32.1 Å². The van der Waals surface area contributed by atoms with E-state index in [1.807, 2.05) is 6.07 Å². The SMILES string of the molecule is Cc1[nH]c(C2CCC2)nc1-c1cccc(Br)c1. The first kappa shape index (κ1) is 11.0. The molecule has 0 unspecified atom stereocenters. The van der Waals surface area contributed by atoms with Crippen LogP contribution in [0.1, 0.15) is 36.7 Å². The maximum Gasteiger partial charge on any atom is 0.110 e. The Hall–Kier alpha value is -1.09. The zero-order valence-electron chi connectivity index (χ0n) is 9.83. The first-order chi connectivity index (χ1) is 8.24. The first-order valence-electron chi connectivity index (χ1n) is 6.06. The maximum atomic E-state index is 4.77. The molecule has 0 spiro atoms. The number of H-pyrrole nitrogens is 1. The van der Waals surface area contributed by atoms with Crippen molar-refractivity contribution in [3.8, 4) is 11.3 Å². The van der Waals surface area contributed by atoms with Gasteiger partial charge in [-0.05, 0) is 31.9 Å². The number of imidazole rings is 1. The Kier molecular flexibility index (Phi) is 2.79. The Labute approximate surface area is 110 Å². The molecule has 2 nitrogen and oxygen atoms in total. The molecule has 3 rings (SSSR count). The van der Waals surface area contributed by atoms with Crippen LogP contribution in [-0.2, 0) is 0 Å². The maximum absolute atomic E-state index is 4.77. The molecule has 17 heavy (non-hydrogen) atoms. The highest BCUT2D eigenvalue weighted by Crippen LogP contribution is 2.36. The molecule has 0 radical (unpaired) electrons. The molecule has 1 heterocycles. The summed E-state index contributed by atoms with van der Waals surface area (Å²) in [4.78, 5) is 8.20. The van der Waals surface area contributed by atoms with Gasteiger partial charge >= 0.3 is 0 Å². The van der Waals surface area contributed by atoms with Gasteiger partial charge in [-0.2, -0.15) is 0 Å². The third kappa shape index (κ3) is 2.04. The van der Waals surface area contributed by atoms with Crippen LogP contribution >= 0.6 is 15.9 Å². The fourth-order valence-electron chi connectivity index (χ4n) is 2.28. The second kappa shape index (κ2) is 4.30. The number of halogens is 1. The van der Waals surface area contributed by atoms with Crippen LogP contribution in [0.5, 0.6) is 0 Å². The second-order valence-corrected chi connectivity index (χ2v) is 5.65. The molecular weight excluding hydrogens is 276 g/mol. The van der Waals surface area contributed by atoms with Crippen molar-refractivity contribution in [3.63, 3.8) is 0 Å². The molecule has 1 aliphatic rings.